The van der Waals surface area contributed by atoms with E-state index in [1.54, 1.807) is 12.3 Å². The Bertz CT molecular complexity index is 983. The fraction of sp³-hybridized carbons (Fsp3) is 0.583. The van der Waals surface area contributed by atoms with Crippen molar-refractivity contribution < 1.29 is 36.2 Å². The van der Waals surface area contributed by atoms with Crippen LogP contribution in [0.2, 0.25) is 0 Å². The quantitative estimate of drug-likeness (QED) is 0.401. The summed E-state index contributed by atoms with van der Waals surface area (Å²) < 4.78 is 78.0. The van der Waals surface area contributed by atoms with E-state index in [2.05, 4.69) is 10.2 Å². The number of halogens is 5. The predicted octanol–water partition coefficient (Wildman–Crippen LogP) is 5.52. The van der Waals surface area contributed by atoms with Gasteiger partial charge >= 0.3 is 6.09 Å². The van der Waals surface area contributed by atoms with E-state index in [9.17, 15) is 26.7 Å². The maximum Gasteiger partial charge on any atom is 0.410 e. The molecule has 1 saturated carbocycles. The minimum atomic E-state index is -2.76. The molecule has 2 aromatic rings. The van der Waals surface area contributed by atoms with Gasteiger partial charge in [0.2, 0.25) is 0 Å². The van der Waals surface area contributed by atoms with Gasteiger partial charge in [-0.2, -0.15) is 5.10 Å². The Morgan fingerprint density at radius 1 is 1.09 bits per heavy atom. The Kier molecular flexibility index (Phi) is 8.25. The zero-order valence-electron chi connectivity index (χ0n) is 19.1. The van der Waals surface area contributed by atoms with E-state index < -0.39 is 48.5 Å². The van der Waals surface area contributed by atoms with Crippen molar-refractivity contribution in [2.75, 3.05) is 19.8 Å². The molecule has 2 aliphatic rings. The Balaban J connectivity index is 1.40. The molecule has 0 bridgehead atoms. The molecule has 2 atom stereocenters. The van der Waals surface area contributed by atoms with Crippen LogP contribution in [0.25, 0.3) is 0 Å². The number of amides is 1. The van der Waals surface area contributed by atoms with Gasteiger partial charge in [-0.3, -0.25) is 5.10 Å². The van der Waals surface area contributed by atoms with Crippen LogP contribution >= 0.6 is 0 Å². The van der Waals surface area contributed by atoms with Crippen LogP contribution in [-0.2, 0) is 9.47 Å². The number of alkyl halides is 2. The number of H-pyrrole nitrogens is 1. The number of nitrogens with zero attached hydrogens (tertiary/aromatic N) is 2. The molecule has 1 aromatic heterocycles. The van der Waals surface area contributed by atoms with Crippen molar-refractivity contribution in [3.05, 3.63) is 53.1 Å². The van der Waals surface area contributed by atoms with Crippen molar-refractivity contribution in [1.29, 1.82) is 0 Å². The molecule has 1 aliphatic heterocycles. The van der Waals surface area contributed by atoms with Crippen molar-refractivity contribution in [3.63, 3.8) is 0 Å². The van der Waals surface area contributed by atoms with Crippen LogP contribution < -0.4 is 0 Å². The van der Waals surface area contributed by atoms with Crippen molar-refractivity contribution in [2.24, 2.45) is 0 Å². The number of nitrogens with one attached hydrogen (secondary N) is 1. The molecule has 192 valence electrons. The molecule has 0 radical (unpaired) electrons. The first-order valence-electron chi connectivity index (χ1n) is 11.8. The van der Waals surface area contributed by atoms with E-state index in [1.807, 2.05) is 0 Å². The summed E-state index contributed by atoms with van der Waals surface area (Å²) in [5, 5.41) is 6.90. The number of carbonyl (C=O) groups is 1. The molecule has 1 saturated heterocycles. The normalized spacial score (nSPS) is 25.1. The zero-order valence-corrected chi connectivity index (χ0v) is 19.1. The highest BCUT2D eigenvalue weighted by Crippen LogP contribution is 2.38. The average molecular weight is 501 g/mol. The number of likely N-dealkylation sites (tertiary alicyclic amines) is 1. The van der Waals surface area contributed by atoms with Crippen LogP contribution in [-0.4, -0.2) is 59.5 Å². The van der Waals surface area contributed by atoms with Gasteiger partial charge in [0, 0.05) is 29.9 Å². The second-order valence-corrected chi connectivity index (χ2v) is 9.05. The van der Waals surface area contributed by atoms with Gasteiger partial charge in [-0.15, -0.1) is 0 Å². The number of carbonyl (C=O) groups excluding carboxylic acids is 1. The van der Waals surface area contributed by atoms with Crippen LogP contribution in [0.1, 0.15) is 61.6 Å². The van der Waals surface area contributed by atoms with Crippen LogP contribution in [0.4, 0.5) is 26.7 Å². The van der Waals surface area contributed by atoms with Crippen LogP contribution in [0.15, 0.2) is 24.4 Å². The Labute approximate surface area is 199 Å². The van der Waals surface area contributed by atoms with Gasteiger partial charge in [0.25, 0.3) is 6.43 Å². The maximum atomic E-state index is 14.2. The van der Waals surface area contributed by atoms with Crippen LogP contribution in [0.3, 0.4) is 0 Å². The molecule has 1 aliphatic carbocycles. The van der Waals surface area contributed by atoms with Crippen molar-refractivity contribution in [1.82, 2.24) is 15.1 Å². The summed E-state index contributed by atoms with van der Waals surface area (Å²) in [5.74, 6) is -3.55. The number of rotatable bonds is 7. The van der Waals surface area contributed by atoms with Crippen molar-refractivity contribution >= 4 is 6.09 Å². The Hall–Kier alpha value is -2.69. The van der Waals surface area contributed by atoms with Crippen LogP contribution in [0, 0.1) is 17.5 Å². The number of ether oxygens (including phenoxy) is 2. The summed E-state index contributed by atoms with van der Waals surface area (Å²) in [5.41, 5.74) is 0.591. The highest BCUT2D eigenvalue weighted by atomic mass is 19.3. The lowest BCUT2D eigenvalue weighted by Crippen LogP contribution is -2.51. The molecule has 6 nitrogen and oxygen atoms in total. The summed E-state index contributed by atoms with van der Waals surface area (Å²) in [6.07, 6.45) is 1.11. The topological polar surface area (TPSA) is 67.5 Å². The molecule has 2 heterocycles. The van der Waals surface area contributed by atoms with Gasteiger partial charge in [-0.05, 0) is 62.6 Å². The molecule has 1 amide bonds. The van der Waals surface area contributed by atoms with Gasteiger partial charge in [0.05, 0.1) is 18.8 Å². The summed E-state index contributed by atoms with van der Waals surface area (Å²) >= 11 is 0. The standard InChI is InChI=1S/C24H28F5N3O3/c25-17-7-8-18(26)23(29)22(17)14-3-5-15(6-4-14)34-12-20-16(19-9-10-30-31-19)2-1-11-32(20)24(33)35-13-21(27)28/h7-10,14-16,20-21H,1-6,11-13H2,(H,30,31)/t14-,15+,16?,20?. The molecular formula is C24H28F5N3O3. The molecular weight excluding hydrogens is 473 g/mol. The second-order valence-electron chi connectivity index (χ2n) is 9.05. The van der Waals surface area contributed by atoms with E-state index in [0.29, 0.717) is 38.6 Å². The summed E-state index contributed by atoms with van der Waals surface area (Å²) in [7, 11) is 0. The van der Waals surface area contributed by atoms with Gasteiger partial charge in [-0.25, -0.2) is 26.7 Å². The van der Waals surface area contributed by atoms with E-state index in [4.69, 9.17) is 9.47 Å². The number of benzene rings is 1. The molecule has 4 rings (SSSR count). The second kappa shape index (κ2) is 11.4. The van der Waals surface area contributed by atoms with E-state index in [0.717, 1.165) is 24.2 Å². The van der Waals surface area contributed by atoms with Gasteiger partial charge < -0.3 is 14.4 Å². The molecule has 1 N–H and O–H groups in total. The van der Waals surface area contributed by atoms with Crippen LogP contribution in [0.5, 0.6) is 0 Å². The molecule has 2 fully saturated rings. The Morgan fingerprint density at radius 2 is 1.83 bits per heavy atom. The molecule has 11 heteroatoms. The number of aromatic nitrogens is 2. The van der Waals surface area contributed by atoms with E-state index in [-0.39, 0.29) is 24.2 Å². The SMILES string of the molecule is O=C(OCC(F)F)N1CCCC(c2ccn[nH]2)C1CO[C@H]1CC[C@@H](c2c(F)ccc(F)c2F)CC1. The monoisotopic (exact) mass is 501 g/mol. The smallest absolute Gasteiger partial charge is 0.410 e. The zero-order chi connectivity index (χ0) is 24.9. The first-order valence-corrected chi connectivity index (χ1v) is 11.8. The first-order chi connectivity index (χ1) is 16.8. The fourth-order valence-electron chi connectivity index (χ4n) is 5.21. The van der Waals surface area contributed by atoms with E-state index >= 15 is 0 Å². The number of hydrogen-bond donors (Lipinski definition) is 1. The third-order valence-electron chi connectivity index (χ3n) is 6.93. The first kappa shape index (κ1) is 25.4. The highest BCUT2D eigenvalue weighted by molar-refractivity contribution is 5.68. The lowest BCUT2D eigenvalue weighted by atomic mass is 9.82. The average Bonchev–Trinajstić information content (AvgIpc) is 3.39. The number of aromatic amines is 1. The lowest BCUT2D eigenvalue weighted by Gasteiger charge is -2.41. The minimum Gasteiger partial charge on any atom is -0.443 e. The fourth-order valence-corrected chi connectivity index (χ4v) is 5.21. The molecule has 1 aromatic carbocycles. The third kappa shape index (κ3) is 5.94. The summed E-state index contributed by atoms with van der Waals surface area (Å²) in [4.78, 5) is 14.0. The number of hydrogen-bond acceptors (Lipinski definition) is 4. The van der Waals surface area contributed by atoms with Gasteiger partial charge in [0.1, 0.15) is 5.82 Å². The predicted molar refractivity (Wildman–Crippen MR) is 116 cm³/mol. The summed E-state index contributed by atoms with van der Waals surface area (Å²) in [6, 6.07) is 3.07. The van der Waals surface area contributed by atoms with Crippen molar-refractivity contribution in [2.45, 2.75) is 68.9 Å². The maximum absolute atomic E-state index is 14.2. The lowest BCUT2D eigenvalue weighted by molar-refractivity contribution is -0.0324. The van der Waals surface area contributed by atoms with Crippen molar-refractivity contribution in [3.8, 4) is 0 Å². The largest absolute Gasteiger partial charge is 0.443 e. The van der Waals surface area contributed by atoms with E-state index in [1.165, 1.54) is 4.90 Å². The molecule has 0 spiro atoms. The van der Waals surface area contributed by atoms with Gasteiger partial charge in [0.15, 0.2) is 18.2 Å². The molecule has 2 unspecified atom stereocenters. The third-order valence-corrected chi connectivity index (χ3v) is 6.93. The Morgan fingerprint density at radius 3 is 2.51 bits per heavy atom. The minimum absolute atomic E-state index is 0.142. The number of piperidine rings is 1. The summed E-state index contributed by atoms with van der Waals surface area (Å²) in [6.45, 7) is -0.480. The molecule has 35 heavy (non-hydrogen) atoms. The van der Waals surface area contributed by atoms with Gasteiger partial charge in [-0.1, -0.05) is 0 Å². The highest BCUT2D eigenvalue weighted by Gasteiger charge is 2.38.